The van der Waals surface area contributed by atoms with E-state index in [9.17, 15) is 4.39 Å². The number of halogens is 2. The molecular weight excluding hydrogens is 335 g/mol. The Hall–Kier alpha value is -2.14. The van der Waals surface area contributed by atoms with E-state index in [1.807, 2.05) is 18.2 Å². The van der Waals surface area contributed by atoms with E-state index in [1.165, 1.54) is 6.07 Å². The molecule has 0 amide bonds. The number of rotatable bonds is 3. The Bertz CT molecular complexity index is 807. The zero-order valence-corrected chi connectivity index (χ0v) is 12.6. The van der Waals surface area contributed by atoms with Gasteiger partial charge in [0.2, 0.25) is 0 Å². The number of nitrogen functional groups attached to an aromatic ring is 1. The van der Waals surface area contributed by atoms with Crippen LogP contribution in [0.4, 0.5) is 10.1 Å². The number of aromatic nitrogens is 1. The lowest BCUT2D eigenvalue weighted by molar-refractivity contribution is 0.291. The normalized spacial score (nSPS) is 10.8. The second kappa shape index (κ2) is 5.69. The molecule has 2 aromatic carbocycles. The highest BCUT2D eigenvalue weighted by Gasteiger charge is 2.08. The van der Waals surface area contributed by atoms with Crippen LogP contribution in [0.15, 0.2) is 53.1 Å². The number of benzene rings is 2. The third kappa shape index (κ3) is 2.83. The number of hydrogen-bond acceptors (Lipinski definition) is 3. The fraction of sp³-hybridized carbons (Fsp3) is 0.0625. The van der Waals surface area contributed by atoms with Gasteiger partial charge in [-0.3, -0.25) is 4.98 Å². The van der Waals surface area contributed by atoms with Gasteiger partial charge in [0.15, 0.2) is 11.6 Å². The molecule has 2 N–H and O–H groups in total. The largest absolute Gasteiger partial charge is 0.486 e. The minimum absolute atomic E-state index is 0.199. The molecule has 106 valence electrons. The van der Waals surface area contributed by atoms with E-state index in [2.05, 4.69) is 20.9 Å². The predicted molar refractivity (Wildman–Crippen MR) is 84.6 cm³/mol. The van der Waals surface area contributed by atoms with Gasteiger partial charge in [-0.1, -0.05) is 22.0 Å². The molecule has 1 aromatic heterocycles. The van der Waals surface area contributed by atoms with Crippen LogP contribution in [0.3, 0.4) is 0 Å². The summed E-state index contributed by atoms with van der Waals surface area (Å²) in [5, 5.41) is 0.869. The van der Waals surface area contributed by atoms with E-state index in [4.69, 9.17) is 10.5 Å². The molecular formula is C16H12BrFN2O. The fourth-order valence-electron chi connectivity index (χ4n) is 2.11. The molecule has 0 saturated carbocycles. The molecule has 0 aliphatic rings. The van der Waals surface area contributed by atoms with E-state index < -0.39 is 5.82 Å². The molecule has 0 unspecified atom stereocenters. The maximum atomic E-state index is 13.7. The third-order valence-electron chi connectivity index (χ3n) is 3.16. The first-order valence-electron chi connectivity index (χ1n) is 6.35. The van der Waals surface area contributed by atoms with E-state index >= 15 is 0 Å². The molecule has 5 heteroatoms. The van der Waals surface area contributed by atoms with Crippen molar-refractivity contribution in [2.75, 3.05) is 5.73 Å². The topological polar surface area (TPSA) is 48.1 Å². The molecule has 0 atom stereocenters. The number of ether oxygens (including phenoxy) is 1. The lowest BCUT2D eigenvalue weighted by Crippen LogP contribution is -2.00. The SMILES string of the molecule is Nc1ccc(COc2cc(Br)ccc2F)c2ncccc12. The van der Waals surface area contributed by atoms with Gasteiger partial charge in [-0.15, -0.1) is 0 Å². The molecule has 3 nitrogen and oxygen atoms in total. The summed E-state index contributed by atoms with van der Waals surface area (Å²) in [5.74, 6) is -0.198. The zero-order chi connectivity index (χ0) is 14.8. The van der Waals surface area contributed by atoms with Crippen molar-refractivity contribution in [3.63, 3.8) is 0 Å². The molecule has 0 radical (unpaired) electrons. The van der Waals surface area contributed by atoms with Crippen LogP contribution < -0.4 is 10.5 Å². The molecule has 0 fully saturated rings. The highest BCUT2D eigenvalue weighted by atomic mass is 79.9. The summed E-state index contributed by atoms with van der Waals surface area (Å²) < 4.78 is 20.0. The number of anilines is 1. The minimum atomic E-state index is -0.397. The molecule has 21 heavy (non-hydrogen) atoms. The van der Waals surface area contributed by atoms with Crippen molar-refractivity contribution in [1.29, 1.82) is 0 Å². The molecule has 0 spiro atoms. The van der Waals surface area contributed by atoms with Crippen molar-refractivity contribution in [2.24, 2.45) is 0 Å². The van der Waals surface area contributed by atoms with Crippen LogP contribution in [0.25, 0.3) is 10.9 Å². The first kappa shape index (κ1) is 13.8. The number of nitrogens with zero attached hydrogens (tertiary/aromatic N) is 1. The third-order valence-corrected chi connectivity index (χ3v) is 3.66. The van der Waals surface area contributed by atoms with Crippen molar-refractivity contribution in [1.82, 2.24) is 4.98 Å². The molecule has 0 aliphatic carbocycles. The van der Waals surface area contributed by atoms with Crippen molar-refractivity contribution >= 4 is 32.5 Å². The van der Waals surface area contributed by atoms with Crippen LogP contribution in [0.2, 0.25) is 0 Å². The standard InChI is InChI=1S/C16H12BrFN2O/c17-11-4-5-13(18)15(8-11)21-9-10-3-6-14(19)12-2-1-7-20-16(10)12/h1-8H,9,19H2. The maximum Gasteiger partial charge on any atom is 0.165 e. The first-order chi connectivity index (χ1) is 10.1. The Kier molecular flexibility index (Phi) is 3.75. The number of pyridine rings is 1. The van der Waals surface area contributed by atoms with Gasteiger partial charge in [-0.25, -0.2) is 4.39 Å². The molecule has 3 rings (SSSR count). The summed E-state index contributed by atoms with van der Waals surface area (Å²) in [7, 11) is 0. The van der Waals surface area contributed by atoms with Gasteiger partial charge in [0.1, 0.15) is 6.61 Å². The van der Waals surface area contributed by atoms with Gasteiger partial charge in [-0.2, -0.15) is 0 Å². The van der Waals surface area contributed by atoms with E-state index in [-0.39, 0.29) is 12.4 Å². The second-order valence-corrected chi connectivity index (χ2v) is 5.49. The number of hydrogen-bond donors (Lipinski definition) is 1. The Balaban J connectivity index is 1.92. The van der Waals surface area contributed by atoms with Crippen LogP contribution in [-0.2, 0) is 6.61 Å². The van der Waals surface area contributed by atoms with Gasteiger partial charge < -0.3 is 10.5 Å². The molecule has 1 heterocycles. The van der Waals surface area contributed by atoms with Crippen LogP contribution in [0.5, 0.6) is 5.75 Å². The smallest absolute Gasteiger partial charge is 0.165 e. The van der Waals surface area contributed by atoms with Crippen LogP contribution in [0.1, 0.15) is 5.56 Å². The maximum absolute atomic E-state index is 13.7. The highest BCUT2D eigenvalue weighted by molar-refractivity contribution is 9.10. The Morgan fingerprint density at radius 2 is 2.05 bits per heavy atom. The average molecular weight is 347 g/mol. The van der Waals surface area contributed by atoms with Gasteiger partial charge in [-0.05, 0) is 36.4 Å². The summed E-state index contributed by atoms with van der Waals surface area (Å²) in [5.41, 5.74) is 8.22. The fourth-order valence-corrected chi connectivity index (χ4v) is 2.45. The van der Waals surface area contributed by atoms with Gasteiger partial charge in [0.25, 0.3) is 0 Å². The highest BCUT2D eigenvalue weighted by Crippen LogP contribution is 2.26. The quantitative estimate of drug-likeness (QED) is 0.719. The van der Waals surface area contributed by atoms with Crippen LogP contribution >= 0.6 is 15.9 Å². The molecule has 3 aromatic rings. The summed E-state index contributed by atoms with van der Waals surface area (Å²) in [4.78, 5) is 4.33. The Morgan fingerprint density at radius 3 is 2.90 bits per heavy atom. The summed E-state index contributed by atoms with van der Waals surface area (Å²) in [6, 6.07) is 12.0. The van der Waals surface area contributed by atoms with Crippen molar-refractivity contribution in [3.8, 4) is 5.75 Å². The van der Waals surface area contributed by atoms with Crippen LogP contribution in [0, 0.1) is 5.82 Å². The molecule has 0 aliphatic heterocycles. The Labute approximate surface area is 129 Å². The first-order valence-corrected chi connectivity index (χ1v) is 7.14. The lowest BCUT2D eigenvalue weighted by Gasteiger charge is -2.10. The number of nitrogens with two attached hydrogens (primary N) is 1. The van der Waals surface area contributed by atoms with E-state index in [0.29, 0.717) is 5.69 Å². The van der Waals surface area contributed by atoms with Crippen LogP contribution in [-0.4, -0.2) is 4.98 Å². The molecule has 0 bridgehead atoms. The Morgan fingerprint density at radius 1 is 1.19 bits per heavy atom. The number of fused-ring (bicyclic) bond motifs is 1. The van der Waals surface area contributed by atoms with Crippen molar-refractivity contribution in [2.45, 2.75) is 6.61 Å². The average Bonchev–Trinajstić information content (AvgIpc) is 2.50. The summed E-state index contributed by atoms with van der Waals surface area (Å²) in [6.45, 7) is 0.223. The summed E-state index contributed by atoms with van der Waals surface area (Å²) in [6.07, 6.45) is 1.70. The summed E-state index contributed by atoms with van der Waals surface area (Å²) >= 11 is 3.30. The van der Waals surface area contributed by atoms with Gasteiger partial charge in [0, 0.05) is 27.3 Å². The predicted octanol–water partition coefficient (Wildman–Crippen LogP) is 4.30. The molecule has 0 saturated heterocycles. The van der Waals surface area contributed by atoms with E-state index in [1.54, 1.807) is 24.4 Å². The zero-order valence-electron chi connectivity index (χ0n) is 11.0. The van der Waals surface area contributed by atoms with Crippen molar-refractivity contribution < 1.29 is 9.13 Å². The second-order valence-electron chi connectivity index (χ2n) is 4.58. The van der Waals surface area contributed by atoms with Gasteiger partial charge >= 0.3 is 0 Å². The van der Waals surface area contributed by atoms with E-state index in [0.717, 1.165) is 20.9 Å². The minimum Gasteiger partial charge on any atom is -0.486 e. The lowest BCUT2D eigenvalue weighted by atomic mass is 10.1. The van der Waals surface area contributed by atoms with Crippen molar-refractivity contribution in [3.05, 3.63) is 64.5 Å². The van der Waals surface area contributed by atoms with Gasteiger partial charge in [0.05, 0.1) is 5.52 Å². The monoisotopic (exact) mass is 346 g/mol.